The van der Waals surface area contributed by atoms with Crippen molar-refractivity contribution in [2.24, 2.45) is 0 Å². The molecule has 0 aromatic carbocycles. The van der Waals surface area contributed by atoms with Crippen molar-refractivity contribution in [3.05, 3.63) is 11.4 Å². The maximum atomic E-state index is 11.1. The lowest BCUT2D eigenvalue weighted by molar-refractivity contribution is 0.0684. The van der Waals surface area contributed by atoms with E-state index in [1.165, 1.54) is 0 Å². The third-order valence-corrected chi connectivity index (χ3v) is 1.30. The third-order valence-electron chi connectivity index (χ3n) is 1.30. The van der Waals surface area contributed by atoms with Crippen molar-refractivity contribution in [2.45, 2.75) is 6.92 Å². The van der Waals surface area contributed by atoms with Gasteiger partial charge in [-0.15, -0.1) is 10.2 Å². The average Bonchev–Trinajstić information content (AvgIpc) is 2.52. The van der Waals surface area contributed by atoms with E-state index in [1.54, 1.807) is 6.92 Å². The molecule has 0 aliphatic heterocycles. The van der Waals surface area contributed by atoms with Crippen molar-refractivity contribution in [3.8, 4) is 0 Å². The van der Waals surface area contributed by atoms with Crippen LogP contribution in [0.4, 0.5) is 0 Å². The molecule has 0 radical (unpaired) electrons. The van der Waals surface area contributed by atoms with Gasteiger partial charge in [0.1, 0.15) is 0 Å². The number of carbonyl (C=O) groups is 2. The van der Waals surface area contributed by atoms with Gasteiger partial charge >= 0.3 is 5.97 Å². The summed E-state index contributed by atoms with van der Waals surface area (Å²) in [4.78, 5) is 21.6. The first kappa shape index (κ1) is 9.17. The molecular formula is C6H8N4O3. The van der Waals surface area contributed by atoms with Gasteiger partial charge in [-0.2, -0.15) is 5.21 Å². The molecule has 0 aliphatic carbocycles. The van der Waals surface area contributed by atoms with Gasteiger partial charge in [-0.25, -0.2) is 4.79 Å². The Morgan fingerprint density at radius 1 is 1.46 bits per heavy atom. The van der Waals surface area contributed by atoms with E-state index in [0.29, 0.717) is 6.54 Å². The van der Waals surface area contributed by atoms with Gasteiger partial charge in [0.05, 0.1) is 0 Å². The van der Waals surface area contributed by atoms with Gasteiger partial charge in [0.15, 0.2) is 5.69 Å². The predicted molar refractivity (Wildman–Crippen MR) is 41.3 cm³/mol. The highest BCUT2D eigenvalue weighted by Crippen LogP contribution is 1.99. The largest absolute Gasteiger partial charge is 0.476 e. The fraction of sp³-hybridized carbons (Fsp3) is 0.333. The molecule has 70 valence electrons. The first-order chi connectivity index (χ1) is 6.16. The smallest absolute Gasteiger partial charge is 0.358 e. The van der Waals surface area contributed by atoms with E-state index >= 15 is 0 Å². The van der Waals surface area contributed by atoms with E-state index < -0.39 is 11.9 Å². The van der Waals surface area contributed by atoms with E-state index in [2.05, 4.69) is 20.7 Å². The van der Waals surface area contributed by atoms with Crippen molar-refractivity contribution in [3.63, 3.8) is 0 Å². The monoisotopic (exact) mass is 184 g/mol. The molecule has 0 atom stereocenters. The molecule has 0 bridgehead atoms. The predicted octanol–water partition coefficient (Wildman–Crippen LogP) is -0.747. The average molecular weight is 184 g/mol. The number of H-pyrrole nitrogens is 1. The molecule has 0 fully saturated rings. The van der Waals surface area contributed by atoms with Crippen LogP contribution in [0.3, 0.4) is 0 Å². The van der Waals surface area contributed by atoms with Crippen LogP contribution < -0.4 is 5.32 Å². The highest BCUT2D eigenvalue weighted by Gasteiger charge is 2.20. The van der Waals surface area contributed by atoms with Gasteiger partial charge in [0.25, 0.3) is 5.91 Å². The van der Waals surface area contributed by atoms with Crippen LogP contribution >= 0.6 is 0 Å². The summed E-state index contributed by atoms with van der Waals surface area (Å²) in [6, 6.07) is 0. The van der Waals surface area contributed by atoms with Gasteiger partial charge in [0, 0.05) is 6.54 Å². The molecule has 13 heavy (non-hydrogen) atoms. The number of aromatic nitrogens is 3. The molecule has 0 aliphatic rings. The molecular weight excluding hydrogens is 176 g/mol. The minimum Gasteiger partial charge on any atom is -0.476 e. The van der Waals surface area contributed by atoms with Crippen LogP contribution in [0.15, 0.2) is 0 Å². The van der Waals surface area contributed by atoms with Crippen molar-refractivity contribution in [1.29, 1.82) is 0 Å². The minimum atomic E-state index is -1.28. The Bertz CT molecular complexity index is 332. The molecule has 7 heteroatoms. The maximum absolute atomic E-state index is 11.1. The highest BCUT2D eigenvalue weighted by molar-refractivity contribution is 6.01. The topological polar surface area (TPSA) is 108 Å². The lowest BCUT2D eigenvalue weighted by Gasteiger charge is -1.96. The number of amides is 1. The van der Waals surface area contributed by atoms with Crippen LogP contribution in [-0.4, -0.2) is 38.9 Å². The number of aromatic amines is 1. The second-order valence-corrected chi connectivity index (χ2v) is 2.19. The fourth-order valence-electron chi connectivity index (χ4n) is 0.783. The molecule has 1 aromatic rings. The lowest BCUT2D eigenvalue weighted by Crippen LogP contribution is -2.25. The number of aromatic carboxylic acids is 1. The summed E-state index contributed by atoms with van der Waals surface area (Å²) in [6.45, 7) is 2.13. The van der Waals surface area contributed by atoms with Crippen molar-refractivity contribution >= 4 is 11.9 Å². The Balaban J connectivity index is 2.93. The quantitative estimate of drug-likeness (QED) is 0.573. The van der Waals surface area contributed by atoms with Gasteiger partial charge in [0.2, 0.25) is 5.69 Å². The highest BCUT2D eigenvalue weighted by atomic mass is 16.4. The second kappa shape index (κ2) is 3.65. The Morgan fingerprint density at radius 2 is 2.08 bits per heavy atom. The second-order valence-electron chi connectivity index (χ2n) is 2.19. The number of hydrogen-bond acceptors (Lipinski definition) is 4. The Labute approximate surface area is 73.1 Å². The molecule has 3 N–H and O–H groups in total. The van der Waals surface area contributed by atoms with Crippen molar-refractivity contribution in [2.75, 3.05) is 6.54 Å². The van der Waals surface area contributed by atoms with Crippen molar-refractivity contribution in [1.82, 2.24) is 20.7 Å². The number of rotatable bonds is 3. The summed E-state index contributed by atoms with van der Waals surface area (Å²) in [6.07, 6.45) is 0. The molecule has 1 amide bonds. The molecule has 0 saturated carbocycles. The van der Waals surface area contributed by atoms with Crippen LogP contribution in [0.1, 0.15) is 27.9 Å². The van der Waals surface area contributed by atoms with Crippen LogP contribution in [0.5, 0.6) is 0 Å². The summed E-state index contributed by atoms with van der Waals surface area (Å²) in [5.74, 6) is -1.83. The number of carbonyl (C=O) groups excluding carboxylic acids is 1. The zero-order valence-electron chi connectivity index (χ0n) is 6.87. The van der Waals surface area contributed by atoms with Crippen LogP contribution in [0.25, 0.3) is 0 Å². The number of nitrogens with zero attached hydrogens (tertiary/aromatic N) is 2. The third kappa shape index (κ3) is 1.81. The molecule has 1 rings (SSSR count). The normalized spacial score (nSPS) is 9.62. The van der Waals surface area contributed by atoms with Crippen molar-refractivity contribution < 1.29 is 14.7 Å². The van der Waals surface area contributed by atoms with Gasteiger partial charge in [-0.3, -0.25) is 4.79 Å². The first-order valence-corrected chi connectivity index (χ1v) is 3.59. The van der Waals surface area contributed by atoms with E-state index in [0.717, 1.165) is 0 Å². The molecule has 0 spiro atoms. The zero-order chi connectivity index (χ0) is 9.84. The summed E-state index contributed by atoms with van der Waals surface area (Å²) in [5, 5.41) is 19.8. The summed E-state index contributed by atoms with van der Waals surface area (Å²) < 4.78 is 0. The zero-order valence-corrected chi connectivity index (χ0v) is 6.87. The van der Waals surface area contributed by atoms with E-state index in [1.807, 2.05) is 0 Å². The fourth-order valence-corrected chi connectivity index (χ4v) is 0.783. The number of nitrogens with one attached hydrogen (secondary N) is 2. The molecule has 7 nitrogen and oxygen atoms in total. The lowest BCUT2D eigenvalue weighted by atomic mass is 10.3. The van der Waals surface area contributed by atoms with E-state index in [4.69, 9.17) is 5.11 Å². The SMILES string of the molecule is CCNC(=O)c1n[nH]nc1C(=O)O. The maximum Gasteiger partial charge on any atom is 0.358 e. The van der Waals surface area contributed by atoms with E-state index in [-0.39, 0.29) is 11.4 Å². The Morgan fingerprint density at radius 3 is 2.62 bits per heavy atom. The van der Waals surface area contributed by atoms with Gasteiger partial charge in [-0.05, 0) is 6.92 Å². The van der Waals surface area contributed by atoms with Crippen LogP contribution in [0, 0.1) is 0 Å². The minimum absolute atomic E-state index is 0.200. The first-order valence-electron chi connectivity index (χ1n) is 3.59. The summed E-state index contributed by atoms with van der Waals surface area (Å²) in [7, 11) is 0. The molecule has 0 unspecified atom stereocenters. The Hall–Kier alpha value is -1.92. The summed E-state index contributed by atoms with van der Waals surface area (Å²) in [5.41, 5.74) is -0.569. The van der Waals surface area contributed by atoms with Crippen LogP contribution in [-0.2, 0) is 0 Å². The molecule has 1 heterocycles. The number of carboxylic acids is 1. The standard InChI is InChI=1S/C6H8N4O3/c1-2-7-5(11)3-4(6(12)13)9-10-8-3/h2H2,1H3,(H,7,11)(H,12,13)(H,8,9,10). The molecule has 0 saturated heterocycles. The van der Waals surface area contributed by atoms with Gasteiger partial charge < -0.3 is 10.4 Å². The van der Waals surface area contributed by atoms with Crippen LogP contribution in [0.2, 0.25) is 0 Å². The Kier molecular flexibility index (Phi) is 2.58. The number of carboxylic acid groups (broad SMARTS) is 1. The van der Waals surface area contributed by atoms with E-state index in [9.17, 15) is 9.59 Å². The van der Waals surface area contributed by atoms with Gasteiger partial charge in [-0.1, -0.05) is 0 Å². The number of hydrogen-bond donors (Lipinski definition) is 3. The summed E-state index contributed by atoms with van der Waals surface area (Å²) >= 11 is 0. The molecule has 1 aromatic heterocycles.